The van der Waals surface area contributed by atoms with Crippen molar-refractivity contribution in [3.05, 3.63) is 48.0 Å². The summed E-state index contributed by atoms with van der Waals surface area (Å²) in [7, 11) is 0. The quantitative estimate of drug-likeness (QED) is 0.309. The van der Waals surface area contributed by atoms with Gasteiger partial charge in [-0.1, -0.05) is 48.9 Å². The Morgan fingerprint density at radius 1 is 1.10 bits per heavy atom. The predicted molar refractivity (Wildman–Crippen MR) is 118 cm³/mol. The summed E-state index contributed by atoms with van der Waals surface area (Å²) in [6.07, 6.45) is 13.6. The Morgan fingerprint density at radius 2 is 1.87 bits per heavy atom. The van der Waals surface area contributed by atoms with Gasteiger partial charge in [0.2, 0.25) is 0 Å². The minimum atomic E-state index is -0.714. The Morgan fingerprint density at radius 3 is 2.63 bits per heavy atom. The molecule has 2 heterocycles. The van der Waals surface area contributed by atoms with Crippen LogP contribution in [0.2, 0.25) is 0 Å². The van der Waals surface area contributed by atoms with Crippen LogP contribution in [0.3, 0.4) is 0 Å². The second-order valence-electron chi connectivity index (χ2n) is 8.74. The lowest BCUT2D eigenvalue weighted by Crippen LogP contribution is -2.27. The number of carboxylic acid groups (broad SMARTS) is 1. The molecule has 166 valence electrons. The van der Waals surface area contributed by atoms with Gasteiger partial charge in [0.25, 0.3) is 0 Å². The zero-order chi connectivity index (χ0) is 21.2. The van der Waals surface area contributed by atoms with E-state index in [0.29, 0.717) is 37.0 Å². The van der Waals surface area contributed by atoms with Crippen LogP contribution in [-0.4, -0.2) is 41.5 Å². The van der Waals surface area contributed by atoms with Crippen LogP contribution >= 0.6 is 0 Å². The number of hydrogen-bond donors (Lipinski definition) is 3. The number of nitrogens with one attached hydrogen (secondary N) is 1. The predicted octanol–water partition coefficient (Wildman–Crippen LogP) is 4.47. The fraction of sp³-hybridized carbons (Fsp3) is 0.640. The highest BCUT2D eigenvalue weighted by Crippen LogP contribution is 2.47. The number of carbonyl (C=O) groups is 1. The fourth-order valence-electron chi connectivity index (χ4n) is 5.00. The van der Waals surface area contributed by atoms with Crippen molar-refractivity contribution in [2.75, 3.05) is 13.1 Å². The van der Waals surface area contributed by atoms with E-state index in [9.17, 15) is 9.90 Å². The molecular weight excluding hydrogens is 378 g/mol. The van der Waals surface area contributed by atoms with Crippen LogP contribution in [0.5, 0.6) is 0 Å². The summed E-state index contributed by atoms with van der Waals surface area (Å²) in [5.74, 6) is 0.559. The summed E-state index contributed by atoms with van der Waals surface area (Å²) in [5.41, 5.74) is 0.961. The molecule has 2 saturated heterocycles. The monoisotopic (exact) mass is 415 g/mol. The van der Waals surface area contributed by atoms with E-state index in [0.717, 1.165) is 31.4 Å². The van der Waals surface area contributed by atoms with Gasteiger partial charge < -0.3 is 20.3 Å². The van der Waals surface area contributed by atoms with E-state index in [-0.39, 0.29) is 6.42 Å². The van der Waals surface area contributed by atoms with E-state index in [2.05, 4.69) is 17.5 Å². The van der Waals surface area contributed by atoms with Crippen molar-refractivity contribution in [2.24, 2.45) is 11.8 Å². The largest absolute Gasteiger partial charge is 0.481 e. The molecule has 0 amide bonds. The molecule has 5 atom stereocenters. The third kappa shape index (κ3) is 6.93. The molecule has 1 aromatic rings. The van der Waals surface area contributed by atoms with Crippen molar-refractivity contribution in [2.45, 2.75) is 76.1 Å². The van der Waals surface area contributed by atoms with Gasteiger partial charge in [-0.05, 0) is 68.9 Å². The van der Waals surface area contributed by atoms with Crippen LogP contribution in [-0.2, 0) is 9.53 Å². The highest BCUT2D eigenvalue weighted by molar-refractivity contribution is 5.66. The highest BCUT2D eigenvalue weighted by atomic mass is 16.5. The third-order valence-electron chi connectivity index (χ3n) is 6.59. The van der Waals surface area contributed by atoms with Crippen molar-refractivity contribution < 1.29 is 19.7 Å². The molecule has 30 heavy (non-hydrogen) atoms. The van der Waals surface area contributed by atoms with E-state index < -0.39 is 12.1 Å². The first-order valence-corrected chi connectivity index (χ1v) is 11.6. The molecular formula is C25H37NO4. The van der Waals surface area contributed by atoms with Gasteiger partial charge in [-0.3, -0.25) is 4.79 Å². The number of aliphatic hydroxyl groups is 1. The lowest BCUT2D eigenvalue weighted by Gasteiger charge is -2.27. The summed E-state index contributed by atoms with van der Waals surface area (Å²) in [4.78, 5) is 10.6. The van der Waals surface area contributed by atoms with Gasteiger partial charge in [0.15, 0.2) is 0 Å². The molecule has 3 N–H and O–H groups in total. The van der Waals surface area contributed by atoms with Crippen LogP contribution < -0.4 is 5.32 Å². The SMILES string of the molecule is O=C(O)CCCC=CC[C@@H]1[C@H](CCCCNCC(O)c2ccccc2)[C@@H]2CC[C@H]1O2. The molecule has 1 aromatic carbocycles. The number of benzene rings is 1. The first-order valence-electron chi connectivity index (χ1n) is 11.6. The molecule has 3 rings (SSSR count). The maximum atomic E-state index is 10.6. The summed E-state index contributed by atoms with van der Waals surface area (Å²) in [6, 6.07) is 9.80. The number of fused-ring (bicyclic) bond motifs is 2. The maximum Gasteiger partial charge on any atom is 0.303 e. The summed E-state index contributed by atoms with van der Waals surface area (Å²) < 4.78 is 6.21. The minimum absolute atomic E-state index is 0.251. The molecule has 2 bridgehead atoms. The molecule has 1 unspecified atom stereocenters. The number of aliphatic carboxylic acids is 1. The van der Waals surface area contributed by atoms with Gasteiger partial charge in [-0.2, -0.15) is 0 Å². The van der Waals surface area contributed by atoms with Crippen molar-refractivity contribution in [1.29, 1.82) is 0 Å². The molecule has 5 nitrogen and oxygen atoms in total. The van der Waals surface area contributed by atoms with Gasteiger partial charge in [0.05, 0.1) is 18.3 Å². The number of carboxylic acids is 1. The van der Waals surface area contributed by atoms with E-state index in [1.54, 1.807) is 0 Å². The van der Waals surface area contributed by atoms with Crippen molar-refractivity contribution >= 4 is 5.97 Å². The lowest BCUT2D eigenvalue weighted by atomic mass is 9.75. The van der Waals surface area contributed by atoms with Crippen LogP contribution in [0.4, 0.5) is 0 Å². The number of ether oxygens (including phenoxy) is 1. The zero-order valence-corrected chi connectivity index (χ0v) is 17.9. The van der Waals surface area contributed by atoms with Gasteiger partial charge in [0, 0.05) is 13.0 Å². The van der Waals surface area contributed by atoms with Crippen molar-refractivity contribution in [3.8, 4) is 0 Å². The van der Waals surface area contributed by atoms with Crippen molar-refractivity contribution in [3.63, 3.8) is 0 Å². The second-order valence-corrected chi connectivity index (χ2v) is 8.74. The van der Waals surface area contributed by atoms with Gasteiger partial charge in [-0.25, -0.2) is 0 Å². The smallest absolute Gasteiger partial charge is 0.303 e. The van der Waals surface area contributed by atoms with E-state index in [1.165, 1.54) is 25.7 Å². The normalized spacial score (nSPS) is 26.4. The zero-order valence-electron chi connectivity index (χ0n) is 17.9. The third-order valence-corrected chi connectivity index (χ3v) is 6.59. The molecule has 2 aliphatic heterocycles. The first-order chi connectivity index (χ1) is 14.6. The molecule has 2 fully saturated rings. The van der Waals surface area contributed by atoms with Crippen molar-refractivity contribution in [1.82, 2.24) is 5.32 Å². The van der Waals surface area contributed by atoms with Gasteiger partial charge >= 0.3 is 5.97 Å². The number of rotatable bonds is 14. The molecule has 0 radical (unpaired) electrons. The molecule has 0 spiro atoms. The van der Waals surface area contributed by atoms with Gasteiger partial charge in [0.1, 0.15) is 0 Å². The Balaban J connectivity index is 1.30. The van der Waals surface area contributed by atoms with E-state index in [4.69, 9.17) is 9.84 Å². The minimum Gasteiger partial charge on any atom is -0.481 e. The highest BCUT2D eigenvalue weighted by Gasteiger charge is 2.47. The Hall–Kier alpha value is -1.69. The van der Waals surface area contributed by atoms with Crippen LogP contribution in [0.25, 0.3) is 0 Å². The van der Waals surface area contributed by atoms with Gasteiger partial charge in [-0.15, -0.1) is 0 Å². The van der Waals surface area contributed by atoms with Crippen LogP contribution in [0.1, 0.15) is 69.5 Å². The first kappa shape index (κ1) is 23.0. The molecule has 0 aromatic heterocycles. The molecule has 0 saturated carbocycles. The van der Waals surface area contributed by atoms with E-state index in [1.807, 2.05) is 30.3 Å². The Kier molecular flexibility index (Phi) is 9.37. The van der Waals surface area contributed by atoms with Crippen LogP contribution in [0, 0.1) is 11.8 Å². The number of hydrogen-bond acceptors (Lipinski definition) is 4. The topological polar surface area (TPSA) is 78.8 Å². The standard InChI is InChI=1S/C25H37NO4/c27-22(19-10-4-3-5-11-19)18-26-17-9-8-13-21-20(23-15-16-24(21)30-23)12-6-1-2-7-14-25(28)29/h1,3-6,10-11,20-24,26-27H,2,7-9,12-18H2,(H,28,29)/t20-,21+,22?,23-,24+/m1/s1. The average Bonchev–Trinajstić information content (AvgIpc) is 3.35. The average molecular weight is 416 g/mol. The molecule has 0 aliphatic carbocycles. The number of unbranched alkanes of at least 4 members (excludes halogenated alkanes) is 2. The molecule has 2 aliphatic rings. The Bertz CT molecular complexity index is 662. The summed E-state index contributed by atoms with van der Waals surface area (Å²) in [6.45, 7) is 1.52. The Labute approximate surface area is 180 Å². The second kappa shape index (κ2) is 12.2. The number of aliphatic hydroxyl groups excluding tert-OH is 1. The number of allylic oxidation sites excluding steroid dienone is 2. The lowest BCUT2D eigenvalue weighted by molar-refractivity contribution is -0.137. The molecule has 5 heteroatoms. The van der Waals surface area contributed by atoms with Crippen LogP contribution in [0.15, 0.2) is 42.5 Å². The summed E-state index contributed by atoms with van der Waals surface area (Å²) in [5, 5.41) is 22.3. The fourth-order valence-corrected chi connectivity index (χ4v) is 5.00. The maximum absolute atomic E-state index is 10.6. The summed E-state index contributed by atoms with van der Waals surface area (Å²) >= 11 is 0. The van der Waals surface area contributed by atoms with E-state index >= 15 is 0 Å².